The number of carboxylic acids is 1. The van der Waals surface area contributed by atoms with Gasteiger partial charge in [-0.3, -0.25) is 9.59 Å². The molecule has 0 bridgehead atoms. The zero-order chi connectivity index (χ0) is 24.1. The van der Waals surface area contributed by atoms with E-state index in [4.69, 9.17) is 23.2 Å². The smallest absolute Gasteiger partial charge is 0.326 e. The summed E-state index contributed by atoms with van der Waals surface area (Å²) in [6.07, 6.45) is 3.95. The average Bonchev–Trinajstić information content (AvgIpc) is 2.74. The second-order valence-corrected chi connectivity index (χ2v) is 8.05. The predicted molar refractivity (Wildman–Crippen MR) is 119 cm³/mol. The highest BCUT2D eigenvalue weighted by Crippen LogP contribution is 2.26. The molecule has 1 aliphatic carbocycles. The van der Waals surface area contributed by atoms with Crippen LogP contribution in [0.1, 0.15) is 40.0 Å². The van der Waals surface area contributed by atoms with Crippen LogP contribution in [-0.2, 0) is 4.79 Å². The third-order valence-electron chi connectivity index (χ3n) is 4.96. The van der Waals surface area contributed by atoms with E-state index in [1.807, 2.05) is 0 Å². The molecule has 0 aliphatic heterocycles. The van der Waals surface area contributed by atoms with Gasteiger partial charge in [0.2, 0.25) is 0 Å². The highest BCUT2D eigenvalue weighted by molar-refractivity contribution is 6.39. The number of halogens is 4. The Morgan fingerprint density at radius 3 is 2.06 bits per heavy atom. The summed E-state index contributed by atoms with van der Waals surface area (Å²) in [6, 6.07) is 6.24. The molecule has 3 rings (SSSR count). The van der Waals surface area contributed by atoms with Crippen molar-refractivity contribution in [2.75, 3.05) is 0 Å². The Morgan fingerprint density at radius 1 is 0.909 bits per heavy atom. The standard InChI is InChI=1S/C23H18Cl2F2N2O4/c24-14-3-1-4-15(25)19(14)21(30)28-13-9-7-12(8-10-13)11-18(23(32)33)29-22(31)20-16(26)5-2-6-17(20)27/h1-7,9,18H,8,10-11H2,(H,28,30)(H,29,31)(H,32,33). The lowest BCUT2D eigenvalue weighted by atomic mass is 9.96. The van der Waals surface area contributed by atoms with Crippen LogP contribution in [0.25, 0.3) is 0 Å². The van der Waals surface area contributed by atoms with Crippen molar-refractivity contribution in [3.63, 3.8) is 0 Å². The molecule has 6 nitrogen and oxygen atoms in total. The van der Waals surface area contributed by atoms with Gasteiger partial charge in [0.15, 0.2) is 0 Å². The van der Waals surface area contributed by atoms with E-state index >= 15 is 0 Å². The summed E-state index contributed by atoms with van der Waals surface area (Å²) < 4.78 is 27.6. The van der Waals surface area contributed by atoms with Crippen LogP contribution in [0, 0.1) is 11.6 Å². The van der Waals surface area contributed by atoms with E-state index in [-0.39, 0.29) is 22.0 Å². The van der Waals surface area contributed by atoms with E-state index in [1.165, 1.54) is 0 Å². The van der Waals surface area contributed by atoms with Gasteiger partial charge in [-0.15, -0.1) is 0 Å². The molecule has 172 valence electrons. The Hall–Kier alpha value is -3.23. The van der Waals surface area contributed by atoms with Gasteiger partial charge in [0.05, 0.1) is 15.6 Å². The van der Waals surface area contributed by atoms with E-state index in [9.17, 15) is 28.3 Å². The minimum absolute atomic E-state index is 0.0782. The summed E-state index contributed by atoms with van der Waals surface area (Å²) in [7, 11) is 0. The maximum absolute atomic E-state index is 13.8. The van der Waals surface area contributed by atoms with Gasteiger partial charge in [-0.1, -0.05) is 47.0 Å². The molecular formula is C23H18Cl2F2N2O4. The summed E-state index contributed by atoms with van der Waals surface area (Å²) in [4.78, 5) is 36.4. The third-order valence-corrected chi connectivity index (χ3v) is 5.59. The third kappa shape index (κ3) is 5.97. The minimum Gasteiger partial charge on any atom is -0.480 e. The SMILES string of the molecule is O=C(NC(CC1=CC=C(NC(=O)c2c(Cl)cccc2Cl)CC1)C(=O)O)c1c(F)cccc1F. The van der Waals surface area contributed by atoms with Crippen LogP contribution >= 0.6 is 23.2 Å². The number of hydrogen-bond acceptors (Lipinski definition) is 3. The first-order valence-electron chi connectivity index (χ1n) is 9.79. The highest BCUT2D eigenvalue weighted by atomic mass is 35.5. The van der Waals surface area contributed by atoms with Gasteiger partial charge in [-0.05, 0) is 49.6 Å². The van der Waals surface area contributed by atoms with E-state index in [0.29, 0.717) is 24.1 Å². The largest absolute Gasteiger partial charge is 0.480 e. The molecule has 0 fully saturated rings. The van der Waals surface area contributed by atoms with Crippen molar-refractivity contribution in [2.24, 2.45) is 0 Å². The average molecular weight is 495 g/mol. The Balaban J connectivity index is 1.68. The van der Waals surface area contributed by atoms with Crippen molar-refractivity contribution < 1.29 is 28.3 Å². The molecule has 1 unspecified atom stereocenters. The second-order valence-electron chi connectivity index (χ2n) is 7.23. The topological polar surface area (TPSA) is 95.5 Å². The molecule has 0 heterocycles. The number of nitrogens with one attached hydrogen (secondary N) is 2. The lowest BCUT2D eigenvalue weighted by molar-refractivity contribution is -0.139. The molecule has 0 aromatic heterocycles. The van der Waals surface area contributed by atoms with Crippen molar-refractivity contribution in [1.82, 2.24) is 10.6 Å². The summed E-state index contributed by atoms with van der Waals surface area (Å²) in [5.41, 5.74) is 0.546. The number of aliphatic carboxylic acids is 1. The van der Waals surface area contributed by atoms with Crippen molar-refractivity contribution in [3.8, 4) is 0 Å². The van der Waals surface area contributed by atoms with Gasteiger partial charge in [0.1, 0.15) is 23.2 Å². The molecule has 1 aliphatic rings. The molecule has 3 N–H and O–H groups in total. The van der Waals surface area contributed by atoms with Crippen molar-refractivity contribution in [2.45, 2.75) is 25.3 Å². The van der Waals surface area contributed by atoms with Gasteiger partial charge in [-0.2, -0.15) is 0 Å². The van der Waals surface area contributed by atoms with Crippen LogP contribution in [-0.4, -0.2) is 28.9 Å². The normalized spacial score (nSPS) is 14.1. The Morgan fingerprint density at radius 2 is 1.52 bits per heavy atom. The second kappa shape index (κ2) is 10.6. The molecular weight excluding hydrogens is 477 g/mol. The van der Waals surface area contributed by atoms with Crippen molar-refractivity contribution in [1.29, 1.82) is 0 Å². The van der Waals surface area contributed by atoms with Gasteiger partial charge in [0, 0.05) is 5.70 Å². The number of benzene rings is 2. The maximum Gasteiger partial charge on any atom is 0.326 e. The number of amides is 2. The van der Waals surface area contributed by atoms with E-state index in [0.717, 1.165) is 18.2 Å². The number of allylic oxidation sites excluding steroid dienone is 3. The van der Waals surface area contributed by atoms with Crippen LogP contribution in [0.5, 0.6) is 0 Å². The van der Waals surface area contributed by atoms with E-state index in [1.54, 1.807) is 30.4 Å². The molecule has 0 saturated heterocycles. The molecule has 2 aromatic carbocycles. The van der Waals surface area contributed by atoms with Gasteiger partial charge >= 0.3 is 5.97 Å². The zero-order valence-electron chi connectivity index (χ0n) is 17.0. The Kier molecular flexibility index (Phi) is 7.84. The Labute approximate surface area is 197 Å². The Bertz CT molecular complexity index is 1140. The molecule has 0 saturated carbocycles. The summed E-state index contributed by atoms with van der Waals surface area (Å²) in [5, 5.41) is 14.8. The predicted octanol–water partition coefficient (Wildman–Crippen LogP) is 4.88. The first-order valence-corrected chi connectivity index (χ1v) is 10.5. The maximum atomic E-state index is 13.8. The van der Waals surface area contributed by atoms with Crippen molar-refractivity contribution in [3.05, 3.63) is 92.6 Å². The molecule has 0 spiro atoms. The molecule has 10 heteroatoms. The zero-order valence-corrected chi connectivity index (χ0v) is 18.5. The van der Waals surface area contributed by atoms with Crippen LogP contribution in [0.15, 0.2) is 59.8 Å². The number of carboxylic acid groups (broad SMARTS) is 1. The van der Waals surface area contributed by atoms with Gasteiger partial charge in [-0.25, -0.2) is 13.6 Å². The van der Waals surface area contributed by atoms with Crippen molar-refractivity contribution >= 4 is 41.0 Å². The molecule has 33 heavy (non-hydrogen) atoms. The monoisotopic (exact) mass is 494 g/mol. The van der Waals surface area contributed by atoms with Crippen LogP contribution in [0.4, 0.5) is 8.78 Å². The van der Waals surface area contributed by atoms with Crippen LogP contribution in [0.2, 0.25) is 10.0 Å². The van der Waals surface area contributed by atoms with Gasteiger partial charge < -0.3 is 15.7 Å². The fourth-order valence-corrected chi connectivity index (χ4v) is 3.85. The van der Waals surface area contributed by atoms with E-state index < -0.39 is 41.0 Å². The fourth-order valence-electron chi connectivity index (χ4n) is 3.29. The lowest BCUT2D eigenvalue weighted by Crippen LogP contribution is -2.41. The highest BCUT2D eigenvalue weighted by Gasteiger charge is 2.26. The molecule has 1 atom stereocenters. The fraction of sp³-hybridized carbons (Fsp3) is 0.174. The summed E-state index contributed by atoms with van der Waals surface area (Å²) in [5.74, 6) is -5.16. The minimum atomic E-state index is -1.39. The summed E-state index contributed by atoms with van der Waals surface area (Å²) in [6.45, 7) is 0. The molecule has 2 aromatic rings. The molecule has 0 radical (unpaired) electrons. The number of carbonyl (C=O) groups excluding carboxylic acids is 2. The quantitative estimate of drug-likeness (QED) is 0.511. The van der Waals surface area contributed by atoms with Gasteiger partial charge in [0.25, 0.3) is 11.8 Å². The first kappa shape index (κ1) is 24.4. The lowest BCUT2D eigenvalue weighted by Gasteiger charge is -2.20. The first-order chi connectivity index (χ1) is 15.7. The number of carbonyl (C=O) groups is 3. The number of rotatable bonds is 7. The van der Waals surface area contributed by atoms with Crippen LogP contribution in [0.3, 0.4) is 0 Å². The number of hydrogen-bond donors (Lipinski definition) is 3. The molecule has 2 amide bonds. The summed E-state index contributed by atoms with van der Waals surface area (Å²) >= 11 is 12.1. The van der Waals surface area contributed by atoms with E-state index in [2.05, 4.69) is 10.6 Å². The van der Waals surface area contributed by atoms with Crippen LogP contribution < -0.4 is 10.6 Å².